The van der Waals surface area contributed by atoms with Crippen LogP contribution in [0.3, 0.4) is 0 Å². The number of aromatic nitrogens is 3. The smallest absolute Gasteiger partial charge is 0.0788 e. The molecule has 0 atom stereocenters. The van der Waals surface area contributed by atoms with Crippen molar-refractivity contribution < 1.29 is 0 Å². The minimum atomic E-state index is 1.14. The highest BCUT2D eigenvalue weighted by atomic mass is 32.1. The summed E-state index contributed by atoms with van der Waals surface area (Å²) in [6.45, 7) is 0. The highest BCUT2D eigenvalue weighted by Gasteiger charge is 2.22. The molecule has 0 aliphatic rings. The zero-order valence-electron chi connectivity index (χ0n) is 31.3. The van der Waals surface area contributed by atoms with Crippen molar-refractivity contribution in [2.75, 3.05) is 0 Å². The number of para-hydroxylation sites is 4. The van der Waals surface area contributed by atoms with Gasteiger partial charge < -0.3 is 13.7 Å². The second kappa shape index (κ2) is 12.1. The molecular weight excluding hydrogens is 723 g/mol. The van der Waals surface area contributed by atoms with Crippen LogP contribution in [-0.2, 0) is 0 Å². The molecule has 0 radical (unpaired) electrons. The van der Waals surface area contributed by atoms with Crippen LogP contribution < -0.4 is 0 Å². The van der Waals surface area contributed by atoms with Crippen LogP contribution in [0.15, 0.2) is 200 Å². The van der Waals surface area contributed by atoms with Gasteiger partial charge in [0.1, 0.15) is 0 Å². The fourth-order valence-corrected chi connectivity index (χ4v) is 10.8. The molecule has 0 unspecified atom stereocenters. The normalized spacial score (nSPS) is 12.1. The molecule has 58 heavy (non-hydrogen) atoms. The van der Waals surface area contributed by atoms with Crippen molar-refractivity contribution in [3.63, 3.8) is 0 Å². The summed E-state index contributed by atoms with van der Waals surface area (Å²) in [4.78, 5) is 0. The van der Waals surface area contributed by atoms with Crippen LogP contribution in [0.4, 0.5) is 0 Å². The van der Waals surface area contributed by atoms with E-state index in [-0.39, 0.29) is 0 Å². The Morgan fingerprint density at radius 2 is 0.741 bits per heavy atom. The standard InChI is InChI=1S/C54H33N3S/c1-2-12-36(13-3-1)55-47-18-8-6-16-41(47)45-33-38(27-30-50(45)55)57-49-20-10-5-15-40(49)44-29-28-43-39-14-4-9-19-48(39)56(53(43)54(44)57)37-25-22-34(23-26-37)35-24-31-52-46(32-35)42-17-7-11-21-51(42)58-52/h1-33H. The van der Waals surface area contributed by atoms with Gasteiger partial charge in [-0.1, -0.05) is 121 Å². The summed E-state index contributed by atoms with van der Waals surface area (Å²) in [5.74, 6) is 0. The van der Waals surface area contributed by atoms with Crippen molar-refractivity contribution >= 4 is 96.9 Å². The summed E-state index contributed by atoms with van der Waals surface area (Å²) in [5, 5.41) is 10.1. The molecule has 9 aromatic carbocycles. The van der Waals surface area contributed by atoms with E-state index < -0.39 is 0 Å². The van der Waals surface area contributed by atoms with Crippen molar-refractivity contribution in [3.05, 3.63) is 200 Å². The summed E-state index contributed by atoms with van der Waals surface area (Å²) >= 11 is 1.86. The molecule has 0 N–H and O–H groups in total. The quantitative estimate of drug-likeness (QED) is 0.170. The third-order valence-corrected chi connectivity index (χ3v) is 13.4. The average Bonchev–Trinajstić information content (AvgIpc) is 4.03. The lowest BCUT2D eigenvalue weighted by Crippen LogP contribution is -1.99. The first-order valence-electron chi connectivity index (χ1n) is 19.8. The molecule has 13 rings (SSSR count). The van der Waals surface area contributed by atoms with E-state index >= 15 is 0 Å². The number of benzene rings is 9. The van der Waals surface area contributed by atoms with E-state index in [4.69, 9.17) is 0 Å². The molecular formula is C54H33N3S. The molecule has 0 aliphatic carbocycles. The second-order valence-electron chi connectivity index (χ2n) is 15.3. The molecule has 0 amide bonds. The van der Waals surface area contributed by atoms with Crippen molar-refractivity contribution in [1.29, 1.82) is 0 Å². The highest BCUT2D eigenvalue weighted by Crippen LogP contribution is 2.43. The second-order valence-corrected chi connectivity index (χ2v) is 16.4. The van der Waals surface area contributed by atoms with Gasteiger partial charge in [0.15, 0.2) is 0 Å². The van der Waals surface area contributed by atoms with E-state index in [1.807, 2.05) is 11.3 Å². The Morgan fingerprint density at radius 1 is 0.259 bits per heavy atom. The minimum absolute atomic E-state index is 1.14. The summed E-state index contributed by atoms with van der Waals surface area (Å²) < 4.78 is 10.0. The van der Waals surface area contributed by atoms with E-state index in [1.165, 1.54) is 96.7 Å². The molecule has 4 heterocycles. The zero-order chi connectivity index (χ0) is 37.9. The number of hydrogen-bond donors (Lipinski definition) is 0. The van der Waals surface area contributed by atoms with E-state index in [0.29, 0.717) is 0 Å². The van der Waals surface area contributed by atoms with Crippen LogP contribution in [0.2, 0.25) is 0 Å². The zero-order valence-corrected chi connectivity index (χ0v) is 32.1. The van der Waals surface area contributed by atoms with Gasteiger partial charge in [-0.25, -0.2) is 0 Å². The summed E-state index contributed by atoms with van der Waals surface area (Å²) in [7, 11) is 0. The molecule has 270 valence electrons. The Labute approximate surface area is 337 Å². The SMILES string of the molecule is c1ccc(-n2c3ccccc3c3cc(-n4c5ccccc5c5ccc6c7ccccc7n(-c7ccc(-c8ccc9sc%10ccccc%10c9c8)cc7)c6c54)ccc32)cc1. The first kappa shape index (κ1) is 31.8. The fourth-order valence-electron chi connectivity index (χ4n) is 9.70. The average molecular weight is 756 g/mol. The van der Waals surface area contributed by atoms with Crippen molar-refractivity contribution in [3.8, 4) is 28.2 Å². The van der Waals surface area contributed by atoms with Crippen molar-refractivity contribution in [2.24, 2.45) is 0 Å². The van der Waals surface area contributed by atoms with E-state index in [9.17, 15) is 0 Å². The van der Waals surface area contributed by atoms with Crippen LogP contribution in [-0.4, -0.2) is 13.7 Å². The van der Waals surface area contributed by atoms with Gasteiger partial charge in [0.2, 0.25) is 0 Å². The minimum Gasteiger partial charge on any atom is -0.309 e. The van der Waals surface area contributed by atoms with Crippen LogP contribution in [0.5, 0.6) is 0 Å². The van der Waals surface area contributed by atoms with Crippen LogP contribution >= 0.6 is 11.3 Å². The molecule has 0 aliphatic heterocycles. The van der Waals surface area contributed by atoms with Gasteiger partial charge in [-0.2, -0.15) is 0 Å². The molecule has 0 saturated heterocycles. The summed E-state index contributed by atoms with van der Waals surface area (Å²) in [6.07, 6.45) is 0. The van der Waals surface area contributed by atoms with Gasteiger partial charge in [0.05, 0.1) is 33.1 Å². The van der Waals surface area contributed by atoms with E-state index in [2.05, 4.69) is 214 Å². The number of hydrogen-bond acceptors (Lipinski definition) is 1. The van der Waals surface area contributed by atoms with E-state index in [0.717, 1.165) is 17.1 Å². The number of thiophene rings is 1. The van der Waals surface area contributed by atoms with Crippen LogP contribution in [0, 0.1) is 0 Å². The van der Waals surface area contributed by atoms with Crippen LogP contribution in [0.25, 0.3) is 114 Å². The third-order valence-electron chi connectivity index (χ3n) is 12.2. The first-order valence-corrected chi connectivity index (χ1v) is 20.7. The Balaban J connectivity index is 1.07. The maximum absolute atomic E-state index is 2.51. The van der Waals surface area contributed by atoms with Crippen molar-refractivity contribution in [1.82, 2.24) is 13.7 Å². The Hall–Kier alpha value is -7.40. The van der Waals surface area contributed by atoms with Gasteiger partial charge >= 0.3 is 0 Å². The molecule has 13 aromatic rings. The maximum atomic E-state index is 2.51. The van der Waals surface area contributed by atoms with Gasteiger partial charge in [-0.3, -0.25) is 0 Å². The Bertz CT molecular complexity index is 3780. The lowest BCUT2D eigenvalue weighted by atomic mass is 10.0. The Morgan fingerprint density at radius 3 is 1.43 bits per heavy atom. The Kier molecular flexibility index (Phi) is 6.60. The molecule has 0 bridgehead atoms. The van der Waals surface area contributed by atoms with Gasteiger partial charge in [0.25, 0.3) is 0 Å². The number of rotatable bonds is 4. The third kappa shape index (κ3) is 4.43. The predicted molar refractivity (Wildman–Crippen MR) is 248 cm³/mol. The summed E-state index contributed by atoms with van der Waals surface area (Å²) in [5.41, 5.74) is 13.1. The molecule has 0 fully saturated rings. The van der Waals surface area contributed by atoms with Crippen molar-refractivity contribution in [2.45, 2.75) is 0 Å². The topological polar surface area (TPSA) is 14.8 Å². The monoisotopic (exact) mass is 755 g/mol. The molecule has 4 aromatic heterocycles. The molecule has 4 heteroatoms. The predicted octanol–water partition coefficient (Wildman–Crippen LogP) is 15.0. The highest BCUT2D eigenvalue weighted by molar-refractivity contribution is 7.25. The summed E-state index contributed by atoms with van der Waals surface area (Å²) in [6, 6.07) is 73.7. The van der Waals surface area contributed by atoms with E-state index in [1.54, 1.807) is 0 Å². The van der Waals surface area contributed by atoms with Crippen LogP contribution in [0.1, 0.15) is 0 Å². The van der Waals surface area contributed by atoms with Gasteiger partial charge in [-0.05, 0) is 90.0 Å². The fraction of sp³-hybridized carbons (Fsp3) is 0. The first-order chi connectivity index (χ1) is 28.8. The lowest BCUT2D eigenvalue weighted by molar-refractivity contribution is 1.15. The molecule has 3 nitrogen and oxygen atoms in total. The lowest BCUT2D eigenvalue weighted by Gasteiger charge is -2.14. The largest absolute Gasteiger partial charge is 0.309 e. The maximum Gasteiger partial charge on any atom is 0.0788 e. The number of nitrogens with zero attached hydrogens (tertiary/aromatic N) is 3. The number of fused-ring (bicyclic) bond motifs is 13. The molecule has 0 saturated carbocycles. The molecule has 0 spiro atoms. The van der Waals surface area contributed by atoms with Gasteiger partial charge in [-0.15, -0.1) is 11.3 Å². The van der Waals surface area contributed by atoms with Gasteiger partial charge in [0, 0.05) is 69.6 Å².